The van der Waals surface area contributed by atoms with E-state index in [1.54, 1.807) is 0 Å². The average molecular weight is 352 g/mol. The maximum Gasteiger partial charge on any atom is 0.238 e. The largest absolute Gasteiger partial charge is 0.399 e. The van der Waals surface area contributed by atoms with Gasteiger partial charge in [-0.3, -0.25) is 9.69 Å². The predicted octanol–water partition coefficient (Wildman–Crippen LogP) is 2.95. The Morgan fingerprint density at radius 3 is 2.50 bits per heavy atom. The summed E-state index contributed by atoms with van der Waals surface area (Å²) < 4.78 is 0. The topological polar surface area (TPSA) is 61.6 Å². The van der Waals surface area contributed by atoms with Crippen LogP contribution >= 0.6 is 0 Å². The van der Waals surface area contributed by atoms with E-state index in [1.807, 2.05) is 25.1 Å². The molecule has 0 aliphatic carbocycles. The summed E-state index contributed by atoms with van der Waals surface area (Å²) in [6.07, 6.45) is 0. The summed E-state index contributed by atoms with van der Waals surface area (Å²) in [7, 11) is 0. The fraction of sp³-hybridized carbons (Fsp3) is 0.381. The molecule has 5 nitrogen and oxygen atoms in total. The predicted molar refractivity (Wildman–Crippen MR) is 109 cm³/mol. The number of hydrogen-bond acceptors (Lipinski definition) is 4. The van der Waals surface area contributed by atoms with E-state index in [4.69, 9.17) is 5.73 Å². The Kier molecular flexibility index (Phi) is 5.47. The lowest BCUT2D eigenvalue weighted by molar-refractivity contribution is -0.117. The van der Waals surface area contributed by atoms with Crippen LogP contribution in [0.15, 0.2) is 36.4 Å². The van der Waals surface area contributed by atoms with Gasteiger partial charge in [-0.1, -0.05) is 18.2 Å². The first kappa shape index (κ1) is 18.3. The fourth-order valence-electron chi connectivity index (χ4n) is 3.39. The van der Waals surface area contributed by atoms with Crippen molar-refractivity contribution in [1.29, 1.82) is 0 Å². The van der Waals surface area contributed by atoms with E-state index in [1.165, 1.54) is 16.8 Å². The van der Waals surface area contributed by atoms with E-state index in [0.29, 0.717) is 12.2 Å². The number of piperazine rings is 1. The van der Waals surface area contributed by atoms with Gasteiger partial charge in [-0.15, -0.1) is 0 Å². The molecule has 3 rings (SSSR count). The SMILES string of the molecule is Cc1ccc(N)cc1NC(=O)CN1CCN(c2cccc(C)c2C)CC1. The number of aryl methyl sites for hydroxylation is 2. The first-order valence-corrected chi connectivity index (χ1v) is 9.13. The average Bonchev–Trinajstić information content (AvgIpc) is 2.61. The van der Waals surface area contributed by atoms with Crippen LogP contribution in [0.1, 0.15) is 16.7 Å². The number of amides is 1. The molecule has 2 aromatic rings. The van der Waals surface area contributed by atoms with Crippen molar-refractivity contribution < 1.29 is 4.79 Å². The van der Waals surface area contributed by atoms with Gasteiger partial charge >= 0.3 is 0 Å². The Labute approximate surface area is 155 Å². The van der Waals surface area contributed by atoms with Crippen molar-refractivity contribution in [3.8, 4) is 0 Å². The molecule has 0 radical (unpaired) electrons. The Morgan fingerprint density at radius 2 is 1.77 bits per heavy atom. The van der Waals surface area contributed by atoms with Gasteiger partial charge in [0.1, 0.15) is 0 Å². The first-order valence-electron chi connectivity index (χ1n) is 9.13. The number of carbonyl (C=O) groups excluding carboxylic acids is 1. The summed E-state index contributed by atoms with van der Waals surface area (Å²) >= 11 is 0. The lowest BCUT2D eigenvalue weighted by atomic mass is 10.1. The molecule has 1 fully saturated rings. The maximum absolute atomic E-state index is 12.4. The third-order valence-corrected chi connectivity index (χ3v) is 5.19. The van der Waals surface area contributed by atoms with Crippen LogP contribution in [0.3, 0.4) is 0 Å². The Bertz CT molecular complexity index is 795. The van der Waals surface area contributed by atoms with Gasteiger partial charge in [-0.2, -0.15) is 0 Å². The highest BCUT2D eigenvalue weighted by Crippen LogP contribution is 2.24. The second-order valence-corrected chi connectivity index (χ2v) is 7.10. The zero-order valence-electron chi connectivity index (χ0n) is 15.9. The Hall–Kier alpha value is -2.53. The third-order valence-electron chi connectivity index (χ3n) is 5.19. The molecule has 138 valence electrons. The standard InChI is InChI=1S/C21H28N4O/c1-15-5-4-6-20(17(15)3)25-11-9-24(10-12-25)14-21(26)23-19-13-18(22)8-7-16(19)2/h4-8,13H,9-12,14,22H2,1-3H3,(H,23,26). The van der Waals surface area contributed by atoms with Gasteiger partial charge in [-0.25, -0.2) is 0 Å². The highest BCUT2D eigenvalue weighted by molar-refractivity contribution is 5.93. The van der Waals surface area contributed by atoms with Crippen LogP contribution < -0.4 is 16.0 Å². The second kappa shape index (κ2) is 7.79. The monoisotopic (exact) mass is 352 g/mol. The normalized spacial score (nSPS) is 15.1. The molecule has 0 atom stereocenters. The maximum atomic E-state index is 12.4. The fourth-order valence-corrected chi connectivity index (χ4v) is 3.39. The van der Waals surface area contributed by atoms with Crippen molar-refractivity contribution in [1.82, 2.24) is 4.90 Å². The zero-order valence-corrected chi connectivity index (χ0v) is 15.9. The zero-order chi connectivity index (χ0) is 18.7. The first-order chi connectivity index (χ1) is 12.4. The van der Waals surface area contributed by atoms with Crippen LogP contribution in [0.2, 0.25) is 0 Å². The molecule has 26 heavy (non-hydrogen) atoms. The molecule has 0 saturated carbocycles. The van der Waals surface area contributed by atoms with Gasteiger partial charge in [0.05, 0.1) is 6.54 Å². The van der Waals surface area contributed by atoms with Gasteiger partial charge in [-0.05, 0) is 55.7 Å². The molecular formula is C21H28N4O. The van der Waals surface area contributed by atoms with Crippen molar-refractivity contribution in [2.24, 2.45) is 0 Å². The van der Waals surface area contributed by atoms with Crippen molar-refractivity contribution >= 4 is 23.0 Å². The minimum atomic E-state index is 0.0129. The van der Waals surface area contributed by atoms with Gasteiger partial charge < -0.3 is 16.0 Å². The van der Waals surface area contributed by atoms with Crippen molar-refractivity contribution in [2.45, 2.75) is 20.8 Å². The smallest absolute Gasteiger partial charge is 0.238 e. The van der Waals surface area contributed by atoms with E-state index in [9.17, 15) is 4.79 Å². The van der Waals surface area contributed by atoms with Crippen molar-refractivity contribution in [2.75, 3.05) is 48.7 Å². The number of nitrogens with zero attached hydrogens (tertiary/aromatic N) is 2. The molecule has 1 amide bonds. The number of hydrogen-bond donors (Lipinski definition) is 2. The lowest BCUT2D eigenvalue weighted by Gasteiger charge is -2.36. The molecule has 1 aliphatic heterocycles. The molecule has 0 bridgehead atoms. The molecule has 5 heteroatoms. The molecule has 0 spiro atoms. The molecule has 3 N–H and O–H groups in total. The Morgan fingerprint density at radius 1 is 1.04 bits per heavy atom. The summed E-state index contributed by atoms with van der Waals surface area (Å²) in [5, 5.41) is 2.98. The Balaban J connectivity index is 1.54. The number of carbonyl (C=O) groups is 1. The molecular weight excluding hydrogens is 324 g/mol. The summed E-state index contributed by atoms with van der Waals surface area (Å²) in [6.45, 7) is 10.4. The van der Waals surface area contributed by atoms with E-state index >= 15 is 0 Å². The second-order valence-electron chi connectivity index (χ2n) is 7.10. The summed E-state index contributed by atoms with van der Waals surface area (Å²) in [4.78, 5) is 17.0. The number of benzene rings is 2. The van der Waals surface area contributed by atoms with Crippen LogP contribution in [-0.2, 0) is 4.79 Å². The molecule has 0 aromatic heterocycles. The number of nitrogen functional groups attached to an aromatic ring is 1. The summed E-state index contributed by atoms with van der Waals surface area (Å²) in [5.41, 5.74) is 12.3. The minimum Gasteiger partial charge on any atom is -0.399 e. The lowest BCUT2D eigenvalue weighted by Crippen LogP contribution is -2.48. The van der Waals surface area contributed by atoms with E-state index in [-0.39, 0.29) is 5.91 Å². The van der Waals surface area contributed by atoms with E-state index < -0.39 is 0 Å². The minimum absolute atomic E-state index is 0.0129. The van der Waals surface area contributed by atoms with E-state index in [0.717, 1.165) is 37.4 Å². The molecule has 0 unspecified atom stereocenters. The number of nitrogens with two attached hydrogens (primary N) is 1. The van der Waals surface area contributed by atoms with Crippen LogP contribution in [-0.4, -0.2) is 43.5 Å². The molecule has 1 heterocycles. The van der Waals surface area contributed by atoms with Gasteiger partial charge in [0, 0.05) is 43.2 Å². The number of nitrogens with one attached hydrogen (secondary N) is 1. The van der Waals surface area contributed by atoms with Crippen molar-refractivity contribution in [3.63, 3.8) is 0 Å². The number of rotatable bonds is 4. The number of anilines is 3. The van der Waals surface area contributed by atoms with Crippen LogP contribution in [0, 0.1) is 20.8 Å². The quantitative estimate of drug-likeness (QED) is 0.831. The molecule has 1 saturated heterocycles. The summed E-state index contributed by atoms with van der Waals surface area (Å²) in [5.74, 6) is 0.0129. The van der Waals surface area contributed by atoms with Crippen LogP contribution in [0.25, 0.3) is 0 Å². The molecule has 2 aromatic carbocycles. The highest BCUT2D eigenvalue weighted by atomic mass is 16.2. The van der Waals surface area contributed by atoms with Crippen LogP contribution in [0.5, 0.6) is 0 Å². The van der Waals surface area contributed by atoms with Gasteiger partial charge in [0.2, 0.25) is 5.91 Å². The highest BCUT2D eigenvalue weighted by Gasteiger charge is 2.20. The summed E-state index contributed by atoms with van der Waals surface area (Å²) in [6, 6.07) is 12.0. The molecule has 1 aliphatic rings. The van der Waals surface area contributed by atoms with Gasteiger partial charge in [0.25, 0.3) is 0 Å². The third kappa shape index (κ3) is 4.17. The van der Waals surface area contributed by atoms with E-state index in [2.05, 4.69) is 47.2 Å². The van der Waals surface area contributed by atoms with Crippen molar-refractivity contribution in [3.05, 3.63) is 53.1 Å². The van der Waals surface area contributed by atoms with Gasteiger partial charge in [0.15, 0.2) is 0 Å². The van der Waals surface area contributed by atoms with Crippen LogP contribution in [0.4, 0.5) is 17.1 Å².